The van der Waals surface area contributed by atoms with Gasteiger partial charge in [-0.15, -0.1) is 11.8 Å². The summed E-state index contributed by atoms with van der Waals surface area (Å²) in [5.41, 5.74) is 5.70. The van der Waals surface area contributed by atoms with E-state index in [4.69, 9.17) is 16.9 Å². The smallest absolute Gasteiger partial charge is 0.227 e. The lowest BCUT2D eigenvalue weighted by Gasteiger charge is -2.20. The number of amides is 1. The minimum atomic E-state index is 0.292. The highest BCUT2D eigenvalue weighted by molar-refractivity contribution is 7.98. The van der Waals surface area contributed by atoms with Gasteiger partial charge in [0.1, 0.15) is 23.4 Å². The molecule has 0 radical (unpaired) electrons. The van der Waals surface area contributed by atoms with E-state index in [2.05, 4.69) is 26.0 Å². The van der Waals surface area contributed by atoms with Crippen LogP contribution in [0, 0.1) is 18.3 Å². The number of anilines is 5. The number of thioether (sulfide) groups is 1. The highest BCUT2D eigenvalue weighted by Gasteiger charge is 2.13. The summed E-state index contributed by atoms with van der Waals surface area (Å²) in [4.78, 5) is 20.9. The first-order valence-corrected chi connectivity index (χ1v) is 10.7. The van der Waals surface area contributed by atoms with Crippen LogP contribution in [0.15, 0.2) is 47.4 Å². The van der Waals surface area contributed by atoms with Crippen LogP contribution in [0.1, 0.15) is 11.3 Å². The van der Waals surface area contributed by atoms with E-state index in [1.807, 2.05) is 43.5 Å². The van der Waals surface area contributed by atoms with Crippen LogP contribution in [-0.2, 0) is 4.79 Å². The molecular formula is C21H20ClN7OS. The summed E-state index contributed by atoms with van der Waals surface area (Å²) in [6, 6.07) is 14.6. The Labute approximate surface area is 189 Å². The zero-order valence-electron chi connectivity index (χ0n) is 17.1. The molecule has 31 heavy (non-hydrogen) atoms. The third kappa shape index (κ3) is 5.57. The van der Waals surface area contributed by atoms with Gasteiger partial charge in [0.05, 0.1) is 5.69 Å². The number of carbonyl (C=O) groups excluding carboxylic acids is 1. The van der Waals surface area contributed by atoms with Crippen LogP contribution >= 0.6 is 23.4 Å². The molecule has 3 aromatic rings. The van der Waals surface area contributed by atoms with Gasteiger partial charge in [0.25, 0.3) is 0 Å². The van der Waals surface area contributed by atoms with Crippen molar-refractivity contribution in [1.82, 2.24) is 15.0 Å². The lowest BCUT2D eigenvalue weighted by atomic mass is 10.2. The van der Waals surface area contributed by atoms with E-state index in [9.17, 15) is 4.79 Å². The van der Waals surface area contributed by atoms with Crippen LogP contribution < -0.4 is 16.1 Å². The number of aromatic nitrogens is 2. The molecule has 10 heteroatoms. The van der Waals surface area contributed by atoms with Crippen molar-refractivity contribution >= 4 is 58.6 Å². The summed E-state index contributed by atoms with van der Waals surface area (Å²) in [6.07, 6.45) is 2.63. The van der Waals surface area contributed by atoms with Crippen LogP contribution in [-0.4, -0.2) is 34.7 Å². The van der Waals surface area contributed by atoms with E-state index in [0.717, 1.165) is 21.8 Å². The number of nitriles is 1. The molecule has 0 aliphatic heterocycles. The standard InChI is InChI=1S/C21H20ClN7OS/c1-13-17(25-16-8-7-14(22)9-18(16)31-3)10-20(27-21(13)28-29(2)12-30)26-19-6-4-5-15(11-23)24-19/h4-10,12H,1-3H3,(H3,24,25,26,27,28). The zero-order valence-corrected chi connectivity index (χ0v) is 18.7. The first-order valence-electron chi connectivity index (χ1n) is 9.14. The highest BCUT2D eigenvalue weighted by atomic mass is 35.5. The average molecular weight is 454 g/mol. The van der Waals surface area contributed by atoms with Gasteiger partial charge in [-0.2, -0.15) is 5.26 Å². The van der Waals surface area contributed by atoms with Gasteiger partial charge in [0, 0.05) is 34.3 Å². The molecule has 0 aliphatic carbocycles. The van der Waals surface area contributed by atoms with Crippen molar-refractivity contribution in [3.63, 3.8) is 0 Å². The van der Waals surface area contributed by atoms with Crippen molar-refractivity contribution in [1.29, 1.82) is 5.26 Å². The van der Waals surface area contributed by atoms with Crippen molar-refractivity contribution in [2.24, 2.45) is 0 Å². The van der Waals surface area contributed by atoms with E-state index in [-0.39, 0.29) is 0 Å². The average Bonchev–Trinajstić information content (AvgIpc) is 2.77. The van der Waals surface area contributed by atoms with Crippen LogP contribution in [0.2, 0.25) is 5.02 Å². The Kier molecular flexibility index (Phi) is 7.18. The molecule has 0 aliphatic rings. The van der Waals surface area contributed by atoms with Gasteiger partial charge in [-0.1, -0.05) is 17.7 Å². The van der Waals surface area contributed by atoms with Crippen molar-refractivity contribution in [2.75, 3.05) is 29.4 Å². The van der Waals surface area contributed by atoms with Gasteiger partial charge < -0.3 is 10.6 Å². The van der Waals surface area contributed by atoms with Gasteiger partial charge in [0.15, 0.2) is 5.82 Å². The maximum absolute atomic E-state index is 11.1. The molecular weight excluding hydrogens is 434 g/mol. The van der Waals surface area contributed by atoms with Crippen molar-refractivity contribution in [3.05, 3.63) is 58.7 Å². The molecule has 0 saturated heterocycles. The SMILES string of the molecule is CSc1cc(Cl)ccc1Nc1cc(Nc2cccc(C#N)n2)nc(NN(C)C=O)c1C. The monoisotopic (exact) mass is 453 g/mol. The fourth-order valence-corrected chi connectivity index (χ4v) is 3.54. The highest BCUT2D eigenvalue weighted by Crippen LogP contribution is 2.34. The number of hydrogen-bond donors (Lipinski definition) is 3. The molecule has 2 heterocycles. The first kappa shape index (κ1) is 22.2. The number of rotatable bonds is 8. The van der Waals surface area contributed by atoms with Crippen LogP contribution in [0.4, 0.5) is 28.8 Å². The molecule has 0 spiro atoms. The molecule has 0 unspecified atom stereocenters. The summed E-state index contributed by atoms with van der Waals surface area (Å²) in [5.74, 6) is 1.45. The van der Waals surface area contributed by atoms with E-state index in [1.54, 1.807) is 37.0 Å². The number of halogens is 1. The van der Waals surface area contributed by atoms with Gasteiger partial charge >= 0.3 is 0 Å². The Morgan fingerprint density at radius 1 is 1.13 bits per heavy atom. The van der Waals surface area contributed by atoms with Crippen molar-refractivity contribution in [2.45, 2.75) is 11.8 Å². The molecule has 1 amide bonds. The Morgan fingerprint density at radius 2 is 1.94 bits per heavy atom. The van der Waals surface area contributed by atoms with Crippen LogP contribution in [0.5, 0.6) is 0 Å². The molecule has 3 N–H and O–H groups in total. The summed E-state index contributed by atoms with van der Waals surface area (Å²) >= 11 is 7.70. The third-order valence-corrected chi connectivity index (χ3v) is 5.28. The summed E-state index contributed by atoms with van der Waals surface area (Å²) in [7, 11) is 1.59. The quantitative estimate of drug-likeness (QED) is 0.250. The maximum atomic E-state index is 11.1. The third-order valence-electron chi connectivity index (χ3n) is 4.27. The van der Waals surface area contributed by atoms with E-state index < -0.39 is 0 Å². The number of benzene rings is 1. The number of nitrogens with one attached hydrogen (secondary N) is 3. The molecule has 0 saturated carbocycles. The van der Waals surface area contributed by atoms with Gasteiger partial charge in [-0.25, -0.2) is 9.97 Å². The number of hydrazine groups is 1. The number of pyridine rings is 2. The van der Waals surface area contributed by atoms with Crippen LogP contribution in [0.25, 0.3) is 0 Å². The lowest BCUT2D eigenvalue weighted by molar-refractivity contribution is -0.115. The van der Waals surface area contributed by atoms with Gasteiger partial charge in [0.2, 0.25) is 6.41 Å². The summed E-state index contributed by atoms with van der Waals surface area (Å²) in [6.45, 7) is 1.89. The predicted molar refractivity (Wildman–Crippen MR) is 125 cm³/mol. The minimum absolute atomic E-state index is 0.292. The molecule has 3 rings (SSSR count). The molecule has 158 valence electrons. The number of hydrogen-bond acceptors (Lipinski definition) is 8. The molecule has 2 aromatic heterocycles. The molecule has 8 nitrogen and oxygen atoms in total. The van der Waals surface area contributed by atoms with E-state index in [0.29, 0.717) is 34.6 Å². The Balaban J connectivity index is 2.02. The number of carbonyl (C=O) groups is 1. The van der Waals surface area contributed by atoms with Gasteiger partial charge in [-0.05, 0) is 43.5 Å². The fraction of sp³-hybridized carbons (Fsp3) is 0.143. The zero-order chi connectivity index (χ0) is 22.4. The Hall–Kier alpha value is -3.48. The summed E-state index contributed by atoms with van der Waals surface area (Å²) in [5, 5.41) is 17.5. The Morgan fingerprint density at radius 3 is 2.65 bits per heavy atom. The molecule has 0 atom stereocenters. The largest absolute Gasteiger partial charge is 0.354 e. The molecule has 1 aromatic carbocycles. The van der Waals surface area contributed by atoms with Crippen LogP contribution in [0.3, 0.4) is 0 Å². The van der Waals surface area contributed by atoms with Gasteiger partial charge in [-0.3, -0.25) is 15.2 Å². The fourth-order valence-electron chi connectivity index (χ4n) is 2.72. The Bertz CT molecular complexity index is 1150. The molecule has 0 bridgehead atoms. The van der Waals surface area contributed by atoms with Crippen molar-refractivity contribution < 1.29 is 4.79 Å². The normalized spacial score (nSPS) is 10.2. The second-order valence-corrected chi connectivity index (χ2v) is 7.76. The first-order chi connectivity index (χ1) is 14.9. The van der Waals surface area contributed by atoms with E-state index >= 15 is 0 Å². The minimum Gasteiger partial charge on any atom is -0.354 e. The number of nitrogens with zero attached hydrogens (tertiary/aromatic N) is 4. The predicted octanol–water partition coefficient (Wildman–Crippen LogP) is 4.93. The van der Waals surface area contributed by atoms with E-state index in [1.165, 1.54) is 5.01 Å². The van der Waals surface area contributed by atoms with Crippen molar-refractivity contribution in [3.8, 4) is 6.07 Å². The second kappa shape index (κ2) is 10.0. The second-order valence-electron chi connectivity index (χ2n) is 6.47. The lowest BCUT2D eigenvalue weighted by Crippen LogP contribution is -2.24. The maximum Gasteiger partial charge on any atom is 0.227 e. The molecule has 0 fully saturated rings. The topological polar surface area (TPSA) is 106 Å². The summed E-state index contributed by atoms with van der Waals surface area (Å²) < 4.78 is 0.